The molecule has 0 aliphatic heterocycles. The highest BCUT2D eigenvalue weighted by molar-refractivity contribution is 6.13. The second kappa shape index (κ2) is 14.1. The van der Waals surface area contributed by atoms with Crippen molar-refractivity contribution in [1.82, 2.24) is 0 Å². The second-order valence-corrected chi connectivity index (χ2v) is 12.7. The van der Waals surface area contributed by atoms with Crippen molar-refractivity contribution in [2.24, 2.45) is 0 Å². The topological polar surface area (TPSA) is 76.7 Å². The van der Waals surface area contributed by atoms with Crippen LogP contribution in [0.25, 0.3) is 43.1 Å². The molecule has 2 amide bonds. The number of carbonyl (C=O) groups excluding carboxylic acids is 2. The van der Waals surface area contributed by atoms with E-state index < -0.39 is 0 Å². The van der Waals surface area contributed by atoms with Crippen molar-refractivity contribution >= 4 is 66.3 Å². The largest absolute Gasteiger partial charge is 0.488 e. The van der Waals surface area contributed by atoms with E-state index in [0.717, 1.165) is 54.5 Å². The van der Waals surface area contributed by atoms with Crippen LogP contribution < -0.4 is 20.1 Å². The molecule has 0 atom stereocenters. The van der Waals surface area contributed by atoms with Crippen molar-refractivity contribution in [2.75, 3.05) is 23.8 Å². The maximum atomic E-state index is 13.8. The fourth-order valence-corrected chi connectivity index (χ4v) is 6.48. The Morgan fingerprint density at radius 1 is 0.442 bits per heavy atom. The molecule has 8 aromatic carbocycles. The first-order chi connectivity index (χ1) is 25.5. The van der Waals surface area contributed by atoms with E-state index in [1.165, 1.54) is 0 Å². The maximum Gasteiger partial charge on any atom is 0.259 e. The van der Waals surface area contributed by atoms with Crippen LogP contribution in [0.2, 0.25) is 0 Å². The summed E-state index contributed by atoms with van der Waals surface area (Å²) >= 11 is 0. The van der Waals surface area contributed by atoms with Gasteiger partial charge in [0, 0.05) is 22.1 Å². The lowest BCUT2D eigenvalue weighted by molar-refractivity contribution is 0.101. The number of hydrogen-bond acceptors (Lipinski definition) is 4. The van der Waals surface area contributed by atoms with Crippen molar-refractivity contribution in [2.45, 2.75) is 0 Å². The number of carbonyl (C=O) groups is 2. The molecule has 8 rings (SSSR count). The van der Waals surface area contributed by atoms with Crippen molar-refractivity contribution in [3.05, 3.63) is 181 Å². The highest BCUT2D eigenvalue weighted by Crippen LogP contribution is 2.31. The average Bonchev–Trinajstić information content (AvgIpc) is 3.18. The van der Waals surface area contributed by atoms with E-state index in [2.05, 4.69) is 17.2 Å². The van der Waals surface area contributed by atoms with E-state index in [9.17, 15) is 9.59 Å². The number of fused-ring (bicyclic) bond motifs is 4. The molecule has 0 saturated heterocycles. The van der Waals surface area contributed by atoms with E-state index in [1.54, 1.807) is 0 Å². The minimum atomic E-state index is -0.281. The third-order valence-electron chi connectivity index (χ3n) is 9.12. The van der Waals surface area contributed by atoms with Crippen LogP contribution in [0.3, 0.4) is 0 Å². The van der Waals surface area contributed by atoms with E-state index in [0.29, 0.717) is 28.2 Å². The summed E-state index contributed by atoms with van der Waals surface area (Å²) in [5, 5.41) is 13.9. The Labute approximate surface area is 300 Å². The summed E-state index contributed by atoms with van der Waals surface area (Å²) in [7, 11) is 0. The van der Waals surface area contributed by atoms with Gasteiger partial charge in [-0.05, 0) is 74.3 Å². The van der Waals surface area contributed by atoms with Gasteiger partial charge in [-0.3, -0.25) is 9.59 Å². The molecule has 6 nitrogen and oxygen atoms in total. The lowest BCUT2D eigenvalue weighted by Gasteiger charge is -2.17. The zero-order chi connectivity index (χ0) is 35.4. The lowest BCUT2D eigenvalue weighted by atomic mass is 10.0. The third-order valence-corrected chi connectivity index (χ3v) is 9.12. The Bertz CT molecular complexity index is 2470. The molecule has 0 fully saturated rings. The maximum absolute atomic E-state index is 13.8. The molecule has 0 aromatic heterocycles. The number of nitrogens with one attached hydrogen (secondary N) is 2. The summed E-state index contributed by atoms with van der Waals surface area (Å²) in [5.74, 6) is 0.297. The van der Waals surface area contributed by atoms with Gasteiger partial charge < -0.3 is 20.1 Å². The molecule has 0 unspecified atom stereocenters. The molecule has 0 aliphatic carbocycles. The number of ether oxygens (including phenoxy) is 2. The number of amides is 2. The van der Waals surface area contributed by atoms with Gasteiger partial charge in [-0.2, -0.15) is 0 Å². The first-order valence-corrected chi connectivity index (χ1v) is 17.1. The summed E-state index contributed by atoms with van der Waals surface area (Å²) in [5.41, 5.74) is 2.87. The molecule has 0 aliphatic rings. The van der Waals surface area contributed by atoms with Gasteiger partial charge in [-0.1, -0.05) is 128 Å². The quantitative estimate of drug-likeness (QED) is 0.141. The van der Waals surface area contributed by atoms with Crippen LogP contribution in [-0.4, -0.2) is 25.0 Å². The molecule has 52 heavy (non-hydrogen) atoms. The fourth-order valence-electron chi connectivity index (χ4n) is 6.48. The van der Waals surface area contributed by atoms with Gasteiger partial charge in [-0.15, -0.1) is 0 Å². The zero-order valence-electron chi connectivity index (χ0n) is 28.3. The molecule has 0 saturated carbocycles. The highest BCUT2D eigenvalue weighted by Gasteiger charge is 2.18. The van der Waals surface area contributed by atoms with Crippen LogP contribution in [0.15, 0.2) is 170 Å². The van der Waals surface area contributed by atoms with E-state index in [-0.39, 0.29) is 25.0 Å². The van der Waals surface area contributed by atoms with E-state index in [4.69, 9.17) is 9.47 Å². The van der Waals surface area contributed by atoms with Crippen LogP contribution >= 0.6 is 0 Å². The van der Waals surface area contributed by atoms with Crippen molar-refractivity contribution in [3.63, 3.8) is 0 Å². The lowest BCUT2D eigenvalue weighted by Crippen LogP contribution is -2.17. The number of rotatable bonds is 10. The first kappa shape index (κ1) is 32.3. The van der Waals surface area contributed by atoms with Gasteiger partial charge in [0.05, 0.1) is 11.1 Å². The summed E-state index contributed by atoms with van der Waals surface area (Å²) in [6, 6.07) is 50.7. The van der Waals surface area contributed by atoms with Gasteiger partial charge in [-0.25, -0.2) is 0 Å². The molecule has 0 bridgehead atoms. The SMILES string of the molecule is C=C(COc1cc2ccccc2cc1C(=O)Nc1cccc2ccccc12)COc1cc2ccccc2cc1C(=O)Nc1cccc2ccccc12. The normalized spacial score (nSPS) is 11.1. The Kier molecular flexibility index (Phi) is 8.78. The molecular weight excluding hydrogens is 645 g/mol. The minimum Gasteiger partial charge on any atom is -0.488 e. The summed E-state index contributed by atoms with van der Waals surface area (Å²) < 4.78 is 12.6. The fraction of sp³-hybridized carbons (Fsp3) is 0.0435. The van der Waals surface area contributed by atoms with Crippen molar-refractivity contribution in [3.8, 4) is 11.5 Å². The molecular formula is C46H34N2O4. The molecule has 6 heteroatoms. The monoisotopic (exact) mass is 678 g/mol. The molecule has 252 valence electrons. The molecule has 2 N–H and O–H groups in total. The number of benzene rings is 8. The van der Waals surface area contributed by atoms with Crippen LogP contribution in [0.4, 0.5) is 11.4 Å². The summed E-state index contributed by atoms with van der Waals surface area (Å²) in [4.78, 5) is 27.6. The smallest absolute Gasteiger partial charge is 0.259 e. The second-order valence-electron chi connectivity index (χ2n) is 12.7. The average molecular weight is 679 g/mol. The predicted octanol–water partition coefficient (Wildman–Crippen LogP) is 10.8. The Hall–Kier alpha value is -6.92. The summed E-state index contributed by atoms with van der Waals surface area (Å²) in [6.07, 6.45) is 0. The Morgan fingerprint density at radius 2 is 0.788 bits per heavy atom. The van der Waals surface area contributed by atoms with Crippen LogP contribution in [0, 0.1) is 0 Å². The zero-order valence-corrected chi connectivity index (χ0v) is 28.3. The van der Waals surface area contributed by atoms with E-state index >= 15 is 0 Å². The van der Waals surface area contributed by atoms with Gasteiger partial charge in [0.25, 0.3) is 11.8 Å². The third kappa shape index (κ3) is 6.65. The Morgan fingerprint density at radius 3 is 1.21 bits per heavy atom. The highest BCUT2D eigenvalue weighted by atomic mass is 16.5. The number of anilines is 2. The van der Waals surface area contributed by atoms with Crippen molar-refractivity contribution < 1.29 is 19.1 Å². The van der Waals surface area contributed by atoms with Gasteiger partial charge in [0.15, 0.2) is 0 Å². The van der Waals surface area contributed by atoms with E-state index in [1.807, 2.05) is 158 Å². The minimum absolute atomic E-state index is 0.0952. The molecule has 0 radical (unpaired) electrons. The van der Waals surface area contributed by atoms with Gasteiger partial charge in [0.2, 0.25) is 0 Å². The number of hydrogen-bond donors (Lipinski definition) is 2. The van der Waals surface area contributed by atoms with Crippen molar-refractivity contribution in [1.29, 1.82) is 0 Å². The van der Waals surface area contributed by atoms with Gasteiger partial charge in [0.1, 0.15) is 24.7 Å². The standard InChI is InChI=1S/C46H34N2O4/c1-30(28-51-43-26-35-16-4-2-14-33(35)24-39(43)45(49)47-41-22-10-18-31-12-6-8-20-37(31)41)29-52-44-27-36-17-5-3-15-34(36)25-40(44)46(50)48-42-23-11-19-32-13-7-9-21-38(32)42/h2-27H,1,28-29H2,(H,47,49)(H,48,50). The predicted molar refractivity (Wildman–Crippen MR) is 212 cm³/mol. The Balaban J connectivity index is 1.02. The van der Waals surface area contributed by atoms with Crippen LogP contribution in [-0.2, 0) is 0 Å². The van der Waals surface area contributed by atoms with Crippen LogP contribution in [0.5, 0.6) is 11.5 Å². The summed E-state index contributed by atoms with van der Waals surface area (Å²) in [6.45, 7) is 4.40. The molecule has 0 spiro atoms. The van der Waals surface area contributed by atoms with Gasteiger partial charge >= 0.3 is 0 Å². The molecule has 8 aromatic rings. The molecule has 0 heterocycles. The first-order valence-electron chi connectivity index (χ1n) is 17.1. The van der Waals surface area contributed by atoms with Crippen LogP contribution in [0.1, 0.15) is 20.7 Å².